The second-order valence-corrected chi connectivity index (χ2v) is 5.88. The van der Waals surface area contributed by atoms with E-state index in [1.54, 1.807) is 0 Å². The third kappa shape index (κ3) is 3.53. The second-order valence-electron chi connectivity index (χ2n) is 4.72. The minimum Gasteiger partial charge on any atom is -0.372 e. The molecule has 1 N–H and O–H groups in total. The summed E-state index contributed by atoms with van der Waals surface area (Å²) in [4.78, 5) is 9.18. The zero-order valence-electron chi connectivity index (χ0n) is 10.4. The molecule has 0 radical (unpaired) electrons. The zero-order chi connectivity index (χ0) is 12.1. The Kier molecular flexibility index (Phi) is 5.00. The molecule has 1 aliphatic rings. The third-order valence-electron chi connectivity index (χ3n) is 3.47. The fourth-order valence-electron chi connectivity index (χ4n) is 2.47. The van der Waals surface area contributed by atoms with E-state index >= 15 is 0 Å². The molecule has 2 rings (SSSR count). The van der Waals surface area contributed by atoms with Crippen LogP contribution < -0.4 is 5.32 Å². The highest BCUT2D eigenvalue weighted by Crippen LogP contribution is 2.29. The van der Waals surface area contributed by atoms with Crippen molar-refractivity contribution in [2.75, 3.05) is 12.4 Å². The molecule has 1 saturated carbocycles. The van der Waals surface area contributed by atoms with Gasteiger partial charge in [0.15, 0.2) is 0 Å². The van der Waals surface area contributed by atoms with Crippen molar-refractivity contribution in [3.05, 3.63) is 15.6 Å². The molecule has 1 heterocycles. The average molecular weight is 345 g/mol. The number of anilines is 1. The maximum atomic E-state index is 4.66. The van der Waals surface area contributed by atoms with Gasteiger partial charge in [0.1, 0.15) is 11.6 Å². The first-order valence-electron chi connectivity index (χ1n) is 6.51. The third-order valence-corrected chi connectivity index (χ3v) is 4.26. The Morgan fingerprint density at radius 1 is 1.18 bits per heavy atom. The van der Waals surface area contributed by atoms with Crippen LogP contribution in [0.3, 0.4) is 0 Å². The standard InChI is InChI=1S/C13H20IN3/c1-15-13-11(14)9-16-12(17-13)10-7-5-3-2-4-6-8-10/h9-10H,2-8H2,1H3,(H,15,16,17). The van der Waals surface area contributed by atoms with E-state index in [4.69, 9.17) is 0 Å². The van der Waals surface area contributed by atoms with Crippen LogP contribution in [0, 0.1) is 3.57 Å². The normalized spacial score (nSPS) is 18.5. The molecule has 0 saturated heterocycles. The Labute approximate surface area is 117 Å². The molecule has 0 unspecified atom stereocenters. The Morgan fingerprint density at radius 3 is 2.47 bits per heavy atom. The molecule has 0 spiro atoms. The molecule has 1 fully saturated rings. The van der Waals surface area contributed by atoms with Gasteiger partial charge in [0.25, 0.3) is 0 Å². The van der Waals surface area contributed by atoms with Crippen LogP contribution in [0.25, 0.3) is 0 Å². The fraction of sp³-hybridized carbons (Fsp3) is 0.692. The molecule has 1 aromatic rings. The molecule has 0 bridgehead atoms. The Hall–Kier alpha value is -0.390. The van der Waals surface area contributed by atoms with Crippen LogP contribution in [0.5, 0.6) is 0 Å². The summed E-state index contributed by atoms with van der Waals surface area (Å²) < 4.78 is 1.10. The first-order valence-corrected chi connectivity index (χ1v) is 7.59. The molecule has 4 heteroatoms. The number of aromatic nitrogens is 2. The van der Waals surface area contributed by atoms with Gasteiger partial charge in [-0.3, -0.25) is 0 Å². The lowest BCUT2D eigenvalue weighted by atomic mass is 9.90. The summed E-state index contributed by atoms with van der Waals surface area (Å²) in [6.07, 6.45) is 11.3. The van der Waals surface area contributed by atoms with Crippen LogP contribution in [-0.4, -0.2) is 17.0 Å². The quantitative estimate of drug-likeness (QED) is 0.825. The topological polar surface area (TPSA) is 37.8 Å². The van der Waals surface area contributed by atoms with Gasteiger partial charge in [-0.25, -0.2) is 9.97 Å². The number of hydrogen-bond acceptors (Lipinski definition) is 3. The molecule has 0 atom stereocenters. The predicted molar refractivity (Wildman–Crippen MR) is 79.4 cm³/mol. The number of nitrogens with zero attached hydrogens (tertiary/aromatic N) is 2. The highest BCUT2D eigenvalue weighted by molar-refractivity contribution is 14.1. The summed E-state index contributed by atoms with van der Waals surface area (Å²) in [5, 5.41) is 3.14. The van der Waals surface area contributed by atoms with Gasteiger partial charge in [-0.05, 0) is 35.4 Å². The van der Waals surface area contributed by atoms with E-state index in [1.807, 2.05) is 13.2 Å². The van der Waals surface area contributed by atoms with Gasteiger partial charge >= 0.3 is 0 Å². The SMILES string of the molecule is CNc1nc(C2CCCCCCC2)ncc1I. The van der Waals surface area contributed by atoms with Gasteiger partial charge in [0.2, 0.25) is 0 Å². The van der Waals surface area contributed by atoms with Gasteiger partial charge in [-0.15, -0.1) is 0 Å². The summed E-state index contributed by atoms with van der Waals surface area (Å²) in [5.74, 6) is 2.58. The van der Waals surface area contributed by atoms with E-state index in [-0.39, 0.29) is 0 Å². The fourth-order valence-corrected chi connectivity index (χ4v) is 3.00. The lowest BCUT2D eigenvalue weighted by molar-refractivity contribution is 0.442. The van der Waals surface area contributed by atoms with Crippen LogP contribution in [0.2, 0.25) is 0 Å². The highest BCUT2D eigenvalue weighted by Gasteiger charge is 2.17. The zero-order valence-corrected chi connectivity index (χ0v) is 12.5. The van der Waals surface area contributed by atoms with Gasteiger partial charge in [-0.2, -0.15) is 0 Å². The molecule has 17 heavy (non-hydrogen) atoms. The van der Waals surface area contributed by atoms with Gasteiger partial charge in [-0.1, -0.05) is 32.1 Å². The largest absolute Gasteiger partial charge is 0.372 e. The van der Waals surface area contributed by atoms with Crippen LogP contribution in [-0.2, 0) is 0 Å². The van der Waals surface area contributed by atoms with Crippen molar-refractivity contribution in [1.82, 2.24) is 9.97 Å². The van der Waals surface area contributed by atoms with Crippen LogP contribution >= 0.6 is 22.6 Å². The van der Waals surface area contributed by atoms with Gasteiger partial charge < -0.3 is 5.32 Å². The van der Waals surface area contributed by atoms with Crippen molar-refractivity contribution < 1.29 is 0 Å². The number of rotatable bonds is 2. The Balaban J connectivity index is 2.13. The molecular weight excluding hydrogens is 325 g/mol. The van der Waals surface area contributed by atoms with E-state index in [2.05, 4.69) is 37.9 Å². The Morgan fingerprint density at radius 2 is 1.82 bits per heavy atom. The molecule has 0 amide bonds. The molecule has 3 nitrogen and oxygen atoms in total. The number of nitrogens with one attached hydrogen (secondary N) is 1. The van der Waals surface area contributed by atoms with E-state index in [0.29, 0.717) is 5.92 Å². The summed E-state index contributed by atoms with van der Waals surface area (Å²) in [5.41, 5.74) is 0. The average Bonchev–Trinajstić information content (AvgIpc) is 2.30. The monoisotopic (exact) mass is 345 g/mol. The number of halogens is 1. The van der Waals surface area contributed by atoms with E-state index < -0.39 is 0 Å². The maximum Gasteiger partial charge on any atom is 0.142 e. The van der Waals surface area contributed by atoms with Crippen LogP contribution in [0.4, 0.5) is 5.82 Å². The molecular formula is C13H20IN3. The minimum atomic E-state index is 0.569. The summed E-state index contributed by atoms with van der Waals surface area (Å²) in [6, 6.07) is 0. The van der Waals surface area contributed by atoms with Gasteiger partial charge in [0, 0.05) is 19.2 Å². The molecule has 0 aromatic carbocycles. The van der Waals surface area contributed by atoms with Crippen molar-refractivity contribution in [2.45, 2.75) is 50.9 Å². The van der Waals surface area contributed by atoms with Crippen LogP contribution in [0.1, 0.15) is 56.7 Å². The lowest BCUT2D eigenvalue weighted by Gasteiger charge is -2.19. The van der Waals surface area contributed by atoms with E-state index in [0.717, 1.165) is 15.2 Å². The van der Waals surface area contributed by atoms with E-state index in [9.17, 15) is 0 Å². The second kappa shape index (κ2) is 6.52. The van der Waals surface area contributed by atoms with Crippen molar-refractivity contribution in [1.29, 1.82) is 0 Å². The smallest absolute Gasteiger partial charge is 0.142 e. The summed E-state index contributed by atoms with van der Waals surface area (Å²) in [7, 11) is 1.92. The van der Waals surface area contributed by atoms with E-state index in [1.165, 1.54) is 44.9 Å². The predicted octanol–water partition coefficient (Wildman–Crippen LogP) is 3.95. The maximum absolute atomic E-state index is 4.66. The Bertz CT molecular complexity index is 360. The summed E-state index contributed by atoms with van der Waals surface area (Å²) >= 11 is 2.27. The number of hydrogen-bond donors (Lipinski definition) is 1. The van der Waals surface area contributed by atoms with Crippen molar-refractivity contribution in [3.63, 3.8) is 0 Å². The minimum absolute atomic E-state index is 0.569. The first-order chi connectivity index (χ1) is 8.31. The molecule has 0 aliphatic heterocycles. The first kappa shape index (κ1) is 13.1. The lowest BCUT2D eigenvalue weighted by Crippen LogP contribution is -2.09. The summed E-state index contributed by atoms with van der Waals surface area (Å²) in [6.45, 7) is 0. The van der Waals surface area contributed by atoms with Crippen molar-refractivity contribution in [3.8, 4) is 0 Å². The molecule has 94 valence electrons. The molecule has 1 aromatic heterocycles. The van der Waals surface area contributed by atoms with Crippen molar-refractivity contribution >= 4 is 28.4 Å². The highest BCUT2D eigenvalue weighted by atomic mass is 127. The van der Waals surface area contributed by atoms with Gasteiger partial charge in [0.05, 0.1) is 3.57 Å². The molecule has 1 aliphatic carbocycles. The van der Waals surface area contributed by atoms with Crippen molar-refractivity contribution in [2.24, 2.45) is 0 Å². The van der Waals surface area contributed by atoms with Crippen LogP contribution in [0.15, 0.2) is 6.20 Å².